The quantitative estimate of drug-likeness (QED) is 0.343. The molecule has 6 heteroatoms. The van der Waals surface area contributed by atoms with Gasteiger partial charge in [0.05, 0.1) is 5.52 Å². The van der Waals surface area contributed by atoms with E-state index in [2.05, 4.69) is 82.1 Å². The van der Waals surface area contributed by atoms with Crippen molar-refractivity contribution in [1.29, 1.82) is 0 Å². The number of H-pyrrole nitrogens is 1. The molecule has 0 fully saturated rings. The zero-order valence-corrected chi connectivity index (χ0v) is 17.9. The molecule has 5 aromatic rings. The van der Waals surface area contributed by atoms with Crippen LogP contribution in [0.2, 0.25) is 0 Å². The summed E-state index contributed by atoms with van der Waals surface area (Å²) < 4.78 is 0. The number of tetrazole rings is 1. The maximum atomic E-state index is 4.75. The van der Waals surface area contributed by atoms with Crippen LogP contribution in [0.1, 0.15) is 18.2 Å². The molecule has 0 saturated heterocycles. The molecule has 0 bridgehead atoms. The van der Waals surface area contributed by atoms with Gasteiger partial charge in [0.2, 0.25) is 5.82 Å². The molecule has 5 nitrogen and oxygen atoms in total. The molecule has 0 spiro atoms. The normalized spacial score (nSPS) is 11.1. The van der Waals surface area contributed by atoms with Gasteiger partial charge in [0.1, 0.15) is 0 Å². The van der Waals surface area contributed by atoms with E-state index in [1.165, 1.54) is 15.8 Å². The van der Waals surface area contributed by atoms with E-state index >= 15 is 0 Å². The number of fused-ring (bicyclic) bond motifs is 1. The fourth-order valence-corrected chi connectivity index (χ4v) is 4.71. The van der Waals surface area contributed by atoms with Gasteiger partial charge < -0.3 is 0 Å². The van der Waals surface area contributed by atoms with Gasteiger partial charge in [-0.25, -0.2) is 0 Å². The Kier molecular flexibility index (Phi) is 5.46. The number of nitrogens with one attached hydrogen (secondary N) is 1. The highest BCUT2D eigenvalue weighted by atomic mass is 32.2. The predicted molar refractivity (Wildman–Crippen MR) is 126 cm³/mol. The van der Waals surface area contributed by atoms with Crippen LogP contribution < -0.4 is 0 Å². The summed E-state index contributed by atoms with van der Waals surface area (Å²) in [6, 6.07) is 27.4. The Morgan fingerprint density at radius 3 is 2.42 bits per heavy atom. The summed E-state index contributed by atoms with van der Waals surface area (Å²) in [7, 11) is 0. The summed E-state index contributed by atoms with van der Waals surface area (Å²) in [5.74, 6) is 1.51. The molecule has 2 aromatic heterocycles. The third kappa shape index (κ3) is 4.07. The maximum Gasteiger partial charge on any atom is 0.205 e. The third-order valence-electron chi connectivity index (χ3n) is 5.27. The second-order valence-electron chi connectivity index (χ2n) is 7.25. The van der Waals surface area contributed by atoms with Crippen molar-refractivity contribution in [3.8, 4) is 22.5 Å². The van der Waals surface area contributed by atoms with Crippen molar-refractivity contribution in [2.45, 2.75) is 24.0 Å². The number of benzene rings is 3. The molecule has 3 aromatic carbocycles. The number of hydrogen-bond acceptors (Lipinski definition) is 5. The minimum Gasteiger partial charge on any atom is -0.253 e. The SMILES string of the molecule is CCc1cc(SCc2ccc(-c3ccccc3-c3nn[nH]n3)cc2)c2ccccc2n1. The molecule has 5 rings (SSSR count). The van der Waals surface area contributed by atoms with Crippen molar-refractivity contribution in [2.75, 3.05) is 0 Å². The summed E-state index contributed by atoms with van der Waals surface area (Å²) in [5, 5.41) is 15.7. The zero-order chi connectivity index (χ0) is 21.0. The Balaban J connectivity index is 1.39. The minimum atomic E-state index is 0.603. The van der Waals surface area contributed by atoms with E-state index in [1.54, 1.807) is 0 Å². The van der Waals surface area contributed by atoms with Crippen molar-refractivity contribution in [2.24, 2.45) is 0 Å². The molecule has 0 unspecified atom stereocenters. The number of aromatic nitrogens is 5. The number of rotatable bonds is 6. The molecule has 152 valence electrons. The molecule has 2 heterocycles. The van der Waals surface area contributed by atoms with Gasteiger partial charge in [0.15, 0.2) is 0 Å². The predicted octanol–water partition coefficient (Wildman–Crippen LogP) is 5.94. The van der Waals surface area contributed by atoms with Gasteiger partial charge in [-0.15, -0.1) is 22.0 Å². The monoisotopic (exact) mass is 423 g/mol. The van der Waals surface area contributed by atoms with E-state index in [1.807, 2.05) is 36.0 Å². The highest BCUT2D eigenvalue weighted by Crippen LogP contribution is 2.33. The summed E-state index contributed by atoms with van der Waals surface area (Å²) in [4.78, 5) is 6.04. The lowest BCUT2D eigenvalue weighted by Crippen LogP contribution is -1.91. The fourth-order valence-electron chi connectivity index (χ4n) is 3.64. The largest absolute Gasteiger partial charge is 0.253 e. The van der Waals surface area contributed by atoms with E-state index < -0.39 is 0 Å². The van der Waals surface area contributed by atoms with Crippen LogP contribution in [0.4, 0.5) is 0 Å². The molecule has 0 aliphatic heterocycles. The molecule has 0 aliphatic carbocycles. The molecule has 0 atom stereocenters. The molecule has 0 amide bonds. The first-order valence-corrected chi connectivity index (χ1v) is 11.2. The van der Waals surface area contributed by atoms with Gasteiger partial charge in [-0.2, -0.15) is 5.21 Å². The summed E-state index contributed by atoms with van der Waals surface area (Å²) in [6.07, 6.45) is 0.937. The van der Waals surface area contributed by atoms with Crippen LogP contribution in [0.3, 0.4) is 0 Å². The number of para-hydroxylation sites is 1. The van der Waals surface area contributed by atoms with E-state index in [0.717, 1.165) is 40.1 Å². The van der Waals surface area contributed by atoms with Crippen molar-refractivity contribution >= 4 is 22.7 Å². The summed E-state index contributed by atoms with van der Waals surface area (Å²) >= 11 is 1.86. The summed E-state index contributed by atoms with van der Waals surface area (Å²) in [5.41, 5.74) is 6.68. The van der Waals surface area contributed by atoms with Gasteiger partial charge in [-0.1, -0.05) is 73.7 Å². The molecular weight excluding hydrogens is 402 g/mol. The van der Waals surface area contributed by atoms with Crippen LogP contribution in [0.5, 0.6) is 0 Å². The topological polar surface area (TPSA) is 67.3 Å². The van der Waals surface area contributed by atoms with E-state index in [9.17, 15) is 0 Å². The first kappa shape index (κ1) is 19.5. The van der Waals surface area contributed by atoms with Crippen molar-refractivity contribution in [1.82, 2.24) is 25.6 Å². The standard InChI is InChI=1S/C25H21N5S/c1-2-19-15-24(22-9-5-6-10-23(22)26-19)31-16-17-11-13-18(14-12-17)20-7-3-4-8-21(20)25-27-29-30-28-25/h3-15H,2,16H2,1H3,(H,27,28,29,30). The van der Waals surface area contributed by atoms with Crippen LogP contribution in [-0.4, -0.2) is 25.6 Å². The smallest absolute Gasteiger partial charge is 0.205 e. The lowest BCUT2D eigenvalue weighted by Gasteiger charge is -2.10. The van der Waals surface area contributed by atoms with Gasteiger partial charge in [-0.3, -0.25) is 4.98 Å². The third-order valence-corrected chi connectivity index (χ3v) is 6.39. The van der Waals surface area contributed by atoms with Gasteiger partial charge >= 0.3 is 0 Å². The zero-order valence-electron chi connectivity index (χ0n) is 17.1. The van der Waals surface area contributed by atoms with Crippen LogP contribution in [0.25, 0.3) is 33.4 Å². The Labute approximate surface area is 184 Å². The number of aryl methyl sites for hydroxylation is 1. The first-order valence-electron chi connectivity index (χ1n) is 10.3. The van der Waals surface area contributed by atoms with Gasteiger partial charge in [0.25, 0.3) is 0 Å². The molecule has 0 saturated carbocycles. The molecule has 1 N–H and O–H groups in total. The molecule has 0 aliphatic rings. The van der Waals surface area contributed by atoms with Crippen LogP contribution in [-0.2, 0) is 12.2 Å². The average molecular weight is 424 g/mol. The van der Waals surface area contributed by atoms with E-state index in [0.29, 0.717) is 5.82 Å². The first-order chi connectivity index (χ1) is 15.3. The fraction of sp³-hybridized carbons (Fsp3) is 0.120. The minimum absolute atomic E-state index is 0.603. The number of hydrogen-bond donors (Lipinski definition) is 1. The molecule has 0 radical (unpaired) electrons. The lowest BCUT2D eigenvalue weighted by molar-refractivity contribution is 0.881. The van der Waals surface area contributed by atoms with Gasteiger partial charge in [0, 0.05) is 27.3 Å². The van der Waals surface area contributed by atoms with Crippen molar-refractivity contribution in [3.05, 3.63) is 90.1 Å². The van der Waals surface area contributed by atoms with E-state index in [-0.39, 0.29) is 0 Å². The summed E-state index contributed by atoms with van der Waals surface area (Å²) in [6.45, 7) is 2.15. The Hall–Kier alpha value is -3.51. The lowest BCUT2D eigenvalue weighted by atomic mass is 9.98. The highest BCUT2D eigenvalue weighted by molar-refractivity contribution is 7.98. The van der Waals surface area contributed by atoms with E-state index in [4.69, 9.17) is 4.98 Å². The number of thioether (sulfide) groups is 1. The second-order valence-corrected chi connectivity index (χ2v) is 8.27. The maximum absolute atomic E-state index is 4.75. The number of aromatic amines is 1. The average Bonchev–Trinajstić information content (AvgIpc) is 3.37. The molecule has 31 heavy (non-hydrogen) atoms. The Morgan fingerprint density at radius 1 is 0.871 bits per heavy atom. The van der Waals surface area contributed by atoms with Crippen LogP contribution in [0.15, 0.2) is 83.8 Å². The number of nitrogens with zero attached hydrogens (tertiary/aromatic N) is 4. The number of pyridine rings is 1. The van der Waals surface area contributed by atoms with Crippen molar-refractivity contribution in [3.63, 3.8) is 0 Å². The highest BCUT2D eigenvalue weighted by Gasteiger charge is 2.11. The van der Waals surface area contributed by atoms with Crippen LogP contribution >= 0.6 is 11.8 Å². The second kappa shape index (κ2) is 8.70. The van der Waals surface area contributed by atoms with Gasteiger partial charge in [-0.05, 0) is 40.5 Å². The van der Waals surface area contributed by atoms with Crippen LogP contribution in [0, 0.1) is 0 Å². The molecular formula is C25H21N5S. The Morgan fingerprint density at radius 2 is 1.65 bits per heavy atom. The Bertz CT molecular complexity index is 1310. The van der Waals surface area contributed by atoms with Crippen molar-refractivity contribution < 1.29 is 0 Å².